The second-order valence-electron chi connectivity index (χ2n) is 3.94. The van der Waals surface area contributed by atoms with Gasteiger partial charge in [-0.15, -0.1) is 0 Å². The summed E-state index contributed by atoms with van der Waals surface area (Å²) in [6, 6.07) is 6.34. The van der Waals surface area contributed by atoms with Crippen molar-refractivity contribution in [2.75, 3.05) is 13.7 Å². The van der Waals surface area contributed by atoms with Crippen molar-refractivity contribution in [2.24, 2.45) is 5.73 Å². The van der Waals surface area contributed by atoms with E-state index in [-0.39, 0.29) is 5.60 Å². The summed E-state index contributed by atoms with van der Waals surface area (Å²) in [5.41, 5.74) is 9.07. The lowest BCUT2D eigenvalue weighted by Gasteiger charge is -2.27. The summed E-state index contributed by atoms with van der Waals surface area (Å²) in [5, 5.41) is 0. The van der Waals surface area contributed by atoms with Gasteiger partial charge < -0.3 is 10.5 Å². The zero-order chi connectivity index (χ0) is 10.8. The summed E-state index contributed by atoms with van der Waals surface area (Å²) in [6.07, 6.45) is 0. The standard InChI is InChI=1S/C12H19NO/c1-9-5-6-11(7-10(9)2)12(3,8-13)14-4/h5-7H,8,13H2,1-4H3. The van der Waals surface area contributed by atoms with Gasteiger partial charge in [-0.25, -0.2) is 0 Å². The number of methoxy groups -OCH3 is 1. The number of nitrogens with two attached hydrogens (primary N) is 1. The molecule has 0 heterocycles. The fraction of sp³-hybridized carbons (Fsp3) is 0.500. The maximum Gasteiger partial charge on any atom is 0.102 e. The molecule has 1 unspecified atom stereocenters. The first-order valence-corrected chi connectivity index (χ1v) is 4.86. The molecule has 78 valence electrons. The molecule has 1 rings (SSSR count). The van der Waals surface area contributed by atoms with E-state index < -0.39 is 0 Å². The molecular weight excluding hydrogens is 174 g/mol. The van der Waals surface area contributed by atoms with Crippen molar-refractivity contribution in [1.82, 2.24) is 0 Å². The Morgan fingerprint density at radius 3 is 2.36 bits per heavy atom. The molecule has 2 heteroatoms. The average Bonchev–Trinajstić information content (AvgIpc) is 2.21. The Balaban J connectivity index is 3.12. The van der Waals surface area contributed by atoms with Crippen LogP contribution in [0.5, 0.6) is 0 Å². The van der Waals surface area contributed by atoms with Gasteiger partial charge in [-0.1, -0.05) is 18.2 Å². The van der Waals surface area contributed by atoms with E-state index in [2.05, 4.69) is 32.0 Å². The van der Waals surface area contributed by atoms with E-state index >= 15 is 0 Å². The maximum atomic E-state index is 5.71. The molecule has 0 spiro atoms. The van der Waals surface area contributed by atoms with E-state index in [4.69, 9.17) is 10.5 Å². The second-order valence-corrected chi connectivity index (χ2v) is 3.94. The molecule has 1 aromatic rings. The van der Waals surface area contributed by atoms with E-state index in [1.165, 1.54) is 11.1 Å². The van der Waals surface area contributed by atoms with Crippen LogP contribution in [-0.4, -0.2) is 13.7 Å². The molecule has 1 atom stereocenters. The fourth-order valence-electron chi connectivity index (χ4n) is 1.39. The Morgan fingerprint density at radius 2 is 1.93 bits per heavy atom. The molecule has 0 aliphatic heterocycles. The van der Waals surface area contributed by atoms with Crippen molar-refractivity contribution < 1.29 is 4.74 Å². The van der Waals surface area contributed by atoms with Crippen molar-refractivity contribution in [2.45, 2.75) is 26.4 Å². The van der Waals surface area contributed by atoms with Gasteiger partial charge in [0.05, 0.1) is 0 Å². The SMILES string of the molecule is COC(C)(CN)c1ccc(C)c(C)c1. The second kappa shape index (κ2) is 4.11. The predicted molar refractivity (Wildman–Crippen MR) is 59.3 cm³/mol. The first-order valence-electron chi connectivity index (χ1n) is 4.86. The summed E-state index contributed by atoms with van der Waals surface area (Å²) in [5.74, 6) is 0. The minimum absolute atomic E-state index is 0.363. The fourth-order valence-corrected chi connectivity index (χ4v) is 1.39. The van der Waals surface area contributed by atoms with Crippen LogP contribution in [-0.2, 0) is 10.3 Å². The summed E-state index contributed by atoms with van der Waals surface area (Å²) in [6.45, 7) is 6.71. The van der Waals surface area contributed by atoms with Gasteiger partial charge in [0.15, 0.2) is 0 Å². The molecule has 14 heavy (non-hydrogen) atoms. The van der Waals surface area contributed by atoms with Crippen LogP contribution in [0.15, 0.2) is 18.2 Å². The lowest BCUT2D eigenvalue weighted by molar-refractivity contribution is 0.0100. The normalized spacial score (nSPS) is 15.2. The van der Waals surface area contributed by atoms with E-state index in [0.29, 0.717) is 6.54 Å². The molecule has 0 amide bonds. The predicted octanol–water partition coefficient (Wildman–Crippen LogP) is 2.12. The first-order chi connectivity index (χ1) is 6.53. The average molecular weight is 193 g/mol. The van der Waals surface area contributed by atoms with E-state index in [9.17, 15) is 0 Å². The highest BCUT2D eigenvalue weighted by Crippen LogP contribution is 2.24. The van der Waals surface area contributed by atoms with Gasteiger partial charge in [-0.3, -0.25) is 0 Å². The Kier molecular flexibility index (Phi) is 3.29. The molecule has 0 aliphatic rings. The molecule has 0 radical (unpaired) electrons. The highest BCUT2D eigenvalue weighted by Gasteiger charge is 2.24. The van der Waals surface area contributed by atoms with Crippen LogP contribution < -0.4 is 5.73 Å². The van der Waals surface area contributed by atoms with Crippen LogP contribution in [0.25, 0.3) is 0 Å². The van der Waals surface area contributed by atoms with Gasteiger partial charge in [0.2, 0.25) is 0 Å². The Morgan fingerprint density at radius 1 is 1.29 bits per heavy atom. The zero-order valence-corrected chi connectivity index (χ0v) is 9.42. The molecular formula is C12H19NO. The molecule has 0 fully saturated rings. The van der Waals surface area contributed by atoms with Crippen LogP contribution in [0, 0.1) is 13.8 Å². The topological polar surface area (TPSA) is 35.2 Å². The summed E-state index contributed by atoms with van der Waals surface area (Å²) in [7, 11) is 1.70. The molecule has 0 aromatic heterocycles. The number of benzene rings is 1. The van der Waals surface area contributed by atoms with Crippen molar-refractivity contribution in [1.29, 1.82) is 0 Å². The lowest BCUT2D eigenvalue weighted by atomic mass is 9.93. The van der Waals surface area contributed by atoms with Gasteiger partial charge in [0, 0.05) is 13.7 Å². The third kappa shape index (κ3) is 1.97. The number of rotatable bonds is 3. The summed E-state index contributed by atoms with van der Waals surface area (Å²) >= 11 is 0. The van der Waals surface area contributed by atoms with Crippen LogP contribution in [0.2, 0.25) is 0 Å². The number of aryl methyl sites for hydroxylation is 2. The molecule has 0 saturated carbocycles. The number of hydrogen-bond acceptors (Lipinski definition) is 2. The number of ether oxygens (including phenoxy) is 1. The van der Waals surface area contributed by atoms with Crippen LogP contribution in [0.1, 0.15) is 23.6 Å². The Hall–Kier alpha value is -0.860. The third-order valence-electron chi connectivity index (χ3n) is 2.96. The van der Waals surface area contributed by atoms with E-state index in [1.807, 2.05) is 6.92 Å². The molecule has 0 saturated heterocycles. The van der Waals surface area contributed by atoms with E-state index in [0.717, 1.165) is 5.56 Å². The molecule has 0 bridgehead atoms. The van der Waals surface area contributed by atoms with Crippen molar-refractivity contribution in [3.8, 4) is 0 Å². The molecule has 2 N–H and O–H groups in total. The molecule has 1 aromatic carbocycles. The lowest BCUT2D eigenvalue weighted by Crippen LogP contribution is -2.33. The van der Waals surface area contributed by atoms with Gasteiger partial charge in [0.25, 0.3) is 0 Å². The highest BCUT2D eigenvalue weighted by molar-refractivity contribution is 5.33. The van der Waals surface area contributed by atoms with Gasteiger partial charge in [0.1, 0.15) is 5.60 Å². The van der Waals surface area contributed by atoms with Crippen LogP contribution in [0.4, 0.5) is 0 Å². The zero-order valence-electron chi connectivity index (χ0n) is 9.42. The van der Waals surface area contributed by atoms with E-state index in [1.54, 1.807) is 7.11 Å². The third-order valence-corrected chi connectivity index (χ3v) is 2.96. The van der Waals surface area contributed by atoms with Crippen molar-refractivity contribution >= 4 is 0 Å². The van der Waals surface area contributed by atoms with Gasteiger partial charge in [-0.05, 0) is 37.5 Å². The largest absolute Gasteiger partial charge is 0.372 e. The van der Waals surface area contributed by atoms with Gasteiger partial charge >= 0.3 is 0 Å². The van der Waals surface area contributed by atoms with Crippen LogP contribution in [0.3, 0.4) is 0 Å². The number of hydrogen-bond donors (Lipinski definition) is 1. The summed E-state index contributed by atoms with van der Waals surface area (Å²) < 4.78 is 5.44. The Bertz CT molecular complexity index is 316. The van der Waals surface area contributed by atoms with Crippen LogP contribution >= 0.6 is 0 Å². The molecule has 2 nitrogen and oxygen atoms in total. The minimum atomic E-state index is -0.363. The summed E-state index contributed by atoms with van der Waals surface area (Å²) in [4.78, 5) is 0. The smallest absolute Gasteiger partial charge is 0.102 e. The monoisotopic (exact) mass is 193 g/mol. The van der Waals surface area contributed by atoms with Crippen molar-refractivity contribution in [3.63, 3.8) is 0 Å². The first kappa shape index (κ1) is 11.2. The maximum absolute atomic E-state index is 5.71. The minimum Gasteiger partial charge on any atom is -0.372 e. The molecule has 0 aliphatic carbocycles. The highest BCUT2D eigenvalue weighted by atomic mass is 16.5. The van der Waals surface area contributed by atoms with Gasteiger partial charge in [-0.2, -0.15) is 0 Å². The quantitative estimate of drug-likeness (QED) is 0.798. The Labute approximate surface area is 86.1 Å². The van der Waals surface area contributed by atoms with Crippen molar-refractivity contribution in [3.05, 3.63) is 34.9 Å².